The highest BCUT2D eigenvalue weighted by Gasteiger charge is 2.48. The van der Waals surface area contributed by atoms with Crippen LogP contribution >= 0.6 is 0 Å². The maximum absolute atomic E-state index is 16.3. The fourth-order valence-electron chi connectivity index (χ4n) is 5.99. The zero-order valence-corrected chi connectivity index (χ0v) is 25.2. The van der Waals surface area contributed by atoms with Crippen molar-refractivity contribution in [2.45, 2.75) is 32.9 Å². The number of hydrogen-bond donors (Lipinski definition) is 2. The molecule has 0 saturated heterocycles. The maximum Gasteiger partial charge on any atom is 0.265 e. The van der Waals surface area contributed by atoms with Gasteiger partial charge in [0.2, 0.25) is 0 Å². The van der Waals surface area contributed by atoms with E-state index in [-0.39, 0.29) is 57.8 Å². The van der Waals surface area contributed by atoms with Gasteiger partial charge < -0.3 is 15.2 Å². The number of rotatable bonds is 5. The normalized spacial score (nSPS) is 18.3. The van der Waals surface area contributed by atoms with Crippen molar-refractivity contribution in [2.24, 2.45) is 5.41 Å². The average molecular weight is 635 g/mol. The summed E-state index contributed by atoms with van der Waals surface area (Å²) in [6.07, 6.45) is 0.155. The second kappa shape index (κ2) is 11.3. The highest BCUT2D eigenvalue weighted by Crippen LogP contribution is 2.52. The first-order chi connectivity index (χ1) is 21.4. The molecule has 0 aromatic heterocycles. The third kappa shape index (κ3) is 5.64. The van der Waals surface area contributed by atoms with Crippen molar-refractivity contribution >= 4 is 27.1 Å². The van der Waals surface area contributed by atoms with E-state index >= 15 is 13.2 Å². The molecule has 45 heavy (non-hydrogen) atoms. The van der Waals surface area contributed by atoms with Crippen LogP contribution in [0.15, 0.2) is 95.5 Å². The fourth-order valence-corrected chi connectivity index (χ4v) is 8.35. The molecule has 0 aliphatic carbocycles. The number of benzene rings is 4. The molecule has 0 bridgehead atoms. The first-order valence-electron chi connectivity index (χ1n) is 14.1. The SMILES string of the molecule is CC1(C)CC2=C(C(c3ccc(OCc4ccccc4)cc3F)N(C(=O)c3c(F)cccc3F)c3cccc(O)c3N2)S(=O)(=O)C1. The summed E-state index contributed by atoms with van der Waals surface area (Å²) >= 11 is 0. The number of anilines is 2. The Hall–Kier alpha value is -4.77. The molecule has 0 spiro atoms. The third-order valence-corrected chi connectivity index (χ3v) is 10.1. The van der Waals surface area contributed by atoms with Crippen LogP contribution in [0.3, 0.4) is 0 Å². The number of carbonyl (C=O) groups excluding carboxylic acids is 1. The Morgan fingerprint density at radius 3 is 2.33 bits per heavy atom. The van der Waals surface area contributed by atoms with E-state index < -0.39 is 50.2 Å². The van der Waals surface area contributed by atoms with E-state index in [0.717, 1.165) is 34.7 Å². The van der Waals surface area contributed by atoms with E-state index in [1.54, 1.807) is 13.8 Å². The second-order valence-corrected chi connectivity index (χ2v) is 13.8. The Balaban J connectivity index is 1.59. The molecule has 4 aromatic rings. The molecule has 1 unspecified atom stereocenters. The van der Waals surface area contributed by atoms with Crippen molar-refractivity contribution in [3.8, 4) is 11.5 Å². The van der Waals surface area contributed by atoms with E-state index in [1.165, 1.54) is 30.3 Å². The summed E-state index contributed by atoms with van der Waals surface area (Å²) < 4.78 is 80.4. The van der Waals surface area contributed by atoms with Gasteiger partial charge in [0, 0.05) is 17.3 Å². The van der Waals surface area contributed by atoms with Crippen LogP contribution in [0.1, 0.15) is 47.8 Å². The Morgan fingerprint density at radius 1 is 0.956 bits per heavy atom. The number of fused-ring (bicyclic) bond motifs is 1. The lowest BCUT2D eigenvalue weighted by Gasteiger charge is -2.37. The highest BCUT2D eigenvalue weighted by atomic mass is 32.2. The molecule has 2 aliphatic rings. The summed E-state index contributed by atoms with van der Waals surface area (Å²) in [5.41, 5.74) is -1.18. The van der Waals surface area contributed by atoms with Crippen molar-refractivity contribution in [1.29, 1.82) is 0 Å². The Bertz CT molecular complexity index is 1940. The van der Waals surface area contributed by atoms with Crippen LogP contribution in [-0.4, -0.2) is 25.2 Å². The van der Waals surface area contributed by atoms with Crippen molar-refractivity contribution in [1.82, 2.24) is 0 Å². The van der Waals surface area contributed by atoms with Crippen LogP contribution in [-0.2, 0) is 16.4 Å². The molecule has 11 heteroatoms. The van der Waals surface area contributed by atoms with Gasteiger partial charge in [-0.3, -0.25) is 9.69 Å². The number of amides is 1. The van der Waals surface area contributed by atoms with E-state index in [9.17, 15) is 18.3 Å². The number of para-hydroxylation sites is 1. The number of phenols is 1. The predicted molar refractivity (Wildman–Crippen MR) is 164 cm³/mol. The molecule has 1 amide bonds. The van der Waals surface area contributed by atoms with Crippen LogP contribution in [0, 0.1) is 22.9 Å². The lowest BCUT2D eigenvalue weighted by Crippen LogP contribution is -2.42. The molecule has 6 rings (SSSR count). The summed E-state index contributed by atoms with van der Waals surface area (Å²) in [5, 5.41) is 13.9. The van der Waals surface area contributed by atoms with E-state index in [1.807, 2.05) is 30.3 Å². The quantitative estimate of drug-likeness (QED) is 0.225. The first kappa shape index (κ1) is 30.3. The summed E-state index contributed by atoms with van der Waals surface area (Å²) in [6.45, 7) is 3.63. The van der Waals surface area contributed by atoms with Crippen LogP contribution < -0.4 is 15.0 Å². The average Bonchev–Trinajstić information content (AvgIpc) is 3.11. The summed E-state index contributed by atoms with van der Waals surface area (Å²) in [4.78, 5) is 14.8. The molecule has 4 aromatic carbocycles. The largest absolute Gasteiger partial charge is 0.506 e. The number of nitrogens with one attached hydrogen (secondary N) is 1. The van der Waals surface area contributed by atoms with Gasteiger partial charge >= 0.3 is 0 Å². The van der Waals surface area contributed by atoms with Gasteiger partial charge in [-0.1, -0.05) is 56.3 Å². The molecule has 232 valence electrons. The molecular weight excluding hydrogens is 605 g/mol. The van der Waals surface area contributed by atoms with E-state index in [2.05, 4.69) is 5.32 Å². The topological polar surface area (TPSA) is 95.9 Å². The lowest BCUT2D eigenvalue weighted by molar-refractivity contribution is 0.0972. The summed E-state index contributed by atoms with van der Waals surface area (Å²) in [6, 6.07) is 18.3. The van der Waals surface area contributed by atoms with Crippen molar-refractivity contribution in [3.63, 3.8) is 0 Å². The number of ether oxygens (including phenoxy) is 1. The molecule has 0 radical (unpaired) electrons. The Labute approximate surface area is 258 Å². The minimum absolute atomic E-state index is 0.0614. The van der Waals surface area contributed by atoms with E-state index in [4.69, 9.17) is 4.74 Å². The van der Waals surface area contributed by atoms with E-state index in [0.29, 0.717) is 0 Å². The van der Waals surface area contributed by atoms with Gasteiger partial charge in [0.1, 0.15) is 52.9 Å². The zero-order chi connectivity index (χ0) is 32.1. The molecule has 0 saturated carbocycles. The lowest BCUT2D eigenvalue weighted by atomic mass is 9.88. The number of carbonyl (C=O) groups is 1. The molecule has 7 nitrogen and oxygen atoms in total. The molecular formula is C34H29F3N2O5S. The van der Waals surface area contributed by atoms with Crippen molar-refractivity contribution < 1.29 is 36.2 Å². The molecule has 2 heterocycles. The number of allylic oxidation sites excluding steroid dienone is 1. The zero-order valence-electron chi connectivity index (χ0n) is 24.4. The van der Waals surface area contributed by atoms with Gasteiger partial charge in [0.15, 0.2) is 9.84 Å². The predicted octanol–water partition coefficient (Wildman–Crippen LogP) is 7.26. The number of aromatic hydroxyl groups is 1. The Morgan fingerprint density at radius 2 is 1.64 bits per heavy atom. The highest BCUT2D eigenvalue weighted by molar-refractivity contribution is 7.95. The number of halogens is 3. The van der Waals surface area contributed by atoms with Gasteiger partial charge in [-0.2, -0.15) is 0 Å². The van der Waals surface area contributed by atoms with Gasteiger partial charge in [0.25, 0.3) is 5.91 Å². The monoisotopic (exact) mass is 634 g/mol. The van der Waals surface area contributed by atoms with Gasteiger partial charge in [0.05, 0.1) is 16.3 Å². The fraction of sp³-hybridized carbons (Fsp3) is 0.206. The maximum atomic E-state index is 16.3. The van der Waals surface area contributed by atoms with Gasteiger partial charge in [-0.15, -0.1) is 0 Å². The summed E-state index contributed by atoms with van der Waals surface area (Å²) in [5.74, 6) is -5.10. The van der Waals surface area contributed by atoms with Crippen LogP contribution in [0.5, 0.6) is 11.5 Å². The molecule has 2 N–H and O–H groups in total. The van der Waals surface area contributed by atoms with Crippen molar-refractivity contribution in [2.75, 3.05) is 16.0 Å². The number of sulfone groups is 1. The number of hydrogen-bond acceptors (Lipinski definition) is 6. The number of nitrogens with zero attached hydrogens (tertiary/aromatic N) is 1. The van der Waals surface area contributed by atoms with Crippen LogP contribution in [0.25, 0.3) is 0 Å². The van der Waals surface area contributed by atoms with Crippen molar-refractivity contribution in [3.05, 3.63) is 130 Å². The van der Waals surface area contributed by atoms with Gasteiger partial charge in [-0.05, 0) is 53.8 Å². The molecule has 2 aliphatic heterocycles. The minimum Gasteiger partial charge on any atom is -0.506 e. The summed E-state index contributed by atoms with van der Waals surface area (Å²) in [7, 11) is -4.23. The Kier molecular flexibility index (Phi) is 7.60. The number of phenolic OH excluding ortho intramolecular Hbond substituents is 1. The van der Waals surface area contributed by atoms with Gasteiger partial charge in [-0.25, -0.2) is 21.6 Å². The smallest absolute Gasteiger partial charge is 0.265 e. The molecule has 0 fully saturated rings. The third-order valence-electron chi connectivity index (χ3n) is 7.84. The van der Waals surface area contributed by atoms with Crippen LogP contribution in [0.4, 0.5) is 24.5 Å². The minimum atomic E-state index is -4.23. The standard InChI is InChI=1S/C34H29F3N2O5S/c1-34(2)17-26-32(45(42,43)19-34)31(22-15-14-21(16-25(22)37)44-18-20-8-4-3-5-9-20)39(27-12-7-13-28(40)30(27)38-26)33(41)29-23(35)10-6-11-24(29)36/h3-16,31,38,40H,17-19H2,1-2H3. The molecule has 1 atom stereocenters. The van der Waals surface area contributed by atoms with Crippen LogP contribution in [0.2, 0.25) is 0 Å². The second-order valence-electron chi connectivity index (χ2n) is 11.9. The first-order valence-corrected chi connectivity index (χ1v) is 15.8.